The summed E-state index contributed by atoms with van der Waals surface area (Å²) in [6.07, 6.45) is 1.59. The second kappa shape index (κ2) is 9.78. The molecule has 1 aliphatic heterocycles. The minimum Gasteiger partial charge on any atom is -0.497 e. The first-order chi connectivity index (χ1) is 13.7. The number of methoxy groups -OCH3 is 1. The van der Waals surface area contributed by atoms with E-state index in [1.165, 1.54) is 0 Å². The van der Waals surface area contributed by atoms with Gasteiger partial charge in [-0.25, -0.2) is 4.99 Å². The SMILES string of the molecule is CCNC(=NCc1cccc(OC)c1)NCc1ccc(N2CCCC2=O)cc1. The Bertz CT molecular complexity index is 818. The number of carbonyl (C=O) groups is 1. The van der Waals surface area contributed by atoms with Crippen LogP contribution in [-0.4, -0.2) is 32.1 Å². The van der Waals surface area contributed by atoms with Gasteiger partial charge in [0.05, 0.1) is 13.7 Å². The van der Waals surface area contributed by atoms with Gasteiger partial charge in [0.25, 0.3) is 0 Å². The van der Waals surface area contributed by atoms with E-state index in [-0.39, 0.29) is 5.91 Å². The number of guanidine groups is 1. The number of carbonyl (C=O) groups excluding carboxylic acids is 1. The zero-order chi connectivity index (χ0) is 19.8. The van der Waals surface area contributed by atoms with Gasteiger partial charge in [0.2, 0.25) is 5.91 Å². The maximum atomic E-state index is 11.9. The second-order valence-corrected chi connectivity index (χ2v) is 6.72. The van der Waals surface area contributed by atoms with Crippen LogP contribution in [0.3, 0.4) is 0 Å². The fraction of sp³-hybridized carbons (Fsp3) is 0.364. The molecule has 6 nitrogen and oxygen atoms in total. The topological polar surface area (TPSA) is 66.0 Å². The van der Waals surface area contributed by atoms with Crippen molar-refractivity contribution in [1.82, 2.24) is 10.6 Å². The van der Waals surface area contributed by atoms with Crippen molar-refractivity contribution in [3.8, 4) is 5.75 Å². The Morgan fingerprint density at radius 2 is 1.96 bits per heavy atom. The predicted molar refractivity (Wildman–Crippen MR) is 113 cm³/mol. The molecule has 0 unspecified atom stereocenters. The summed E-state index contributed by atoms with van der Waals surface area (Å²) in [6, 6.07) is 16.1. The summed E-state index contributed by atoms with van der Waals surface area (Å²) in [6.45, 7) is 4.89. The molecule has 1 heterocycles. The number of aliphatic imine (C=N–C) groups is 1. The lowest BCUT2D eigenvalue weighted by Gasteiger charge is -2.16. The van der Waals surface area contributed by atoms with Crippen LogP contribution in [0.25, 0.3) is 0 Å². The maximum absolute atomic E-state index is 11.9. The number of rotatable bonds is 7. The Labute approximate surface area is 166 Å². The molecule has 0 radical (unpaired) electrons. The Hall–Kier alpha value is -3.02. The lowest BCUT2D eigenvalue weighted by molar-refractivity contribution is -0.117. The monoisotopic (exact) mass is 380 g/mol. The van der Waals surface area contributed by atoms with Crippen molar-refractivity contribution < 1.29 is 9.53 Å². The largest absolute Gasteiger partial charge is 0.497 e. The van der Waals surface area contributed by atoms with Crippen LogP contribution in [0.2, 0.25) is 0 Å². The average molecular weight is 380 g/mol. The van der Waals surface area contributed by atoms with Gasteiger partial charge in [0.1, 0.15) is 5.75 Å². The highest BCUT2D eigenvalue weighted by atomic mass is 16.5. The molecule has 6 heteroatoms. The van der Waals surface area contributed by atoms with Crippen LogP contribution in [0, 0.1) is 0 Å². The molecule has 0 saturated carbocycles. The van der Waals surface area contributed by atoms with E-state index in [2.05, 4.69) is 27.8 Å². The molecule has 2 N–H and O–H groups in total. The van der Waals surface area contributed by atoms with Gasteiger partial charge in [0.15, 0.2) is 5.96 Å². The number of amides is 1. The molecule has 0 spiro atoms. The molecule has 2 aromatic rings. The zero-order valence-corrected chi connectivity index (χ0v) is 16.6. The van der Waals surface area contributed by atoms with Gasteiger partial charge in [-0.2, -0.15) is 0 Å². The number of benzene rings is 2. The molecule has 1 aliphatic rings. The Morgan fingerprint density at radius 3 is 2.64 bits per heavy atom. The standard InChI is InChI=1S/C22H28N4O2/c1-3-23-22(25-16-18-6-4-7-20(14-18)28-2)24-15-17-9-11-19(12-10-17)26-13-5-8-21(26)27/h4,6-7,9-12,14H,3,5,8,13,15-16H2,1-2H3,(H2,23,24,25). The number of nitrogens with zero attached hydrogens (tertiary/aromatic N) is 2. The van der Waals surface area contributed by atoms with E-state index in [1.54, 1.807) is 7.11 Å². The third kappa shape index (κ3) is 5.25. The minimum atomic E-state index is 0.213. The second-order valence-electron chi connectivity index (χ2n) is 6.72. The molecule has 0 aliphatic carbocycles. The highest BCUT2D eigenvalue weighted by molar-refractivity contribution is 5.95. The van der Waals surface area contributed by atoms with E-state index < -0.39 is 0 Å². The van der Waals surface area contributed by atoms with Crippen LogP contribution < -0.4 is 20.3 Å². The number of hydrogen-bond acceptors (Lipinski definition) is 3. The van der Waals surface area contributed by atoms with Crippen LogP contribution in [-0.2, 0) is 17.9 Å². The molecule has 0 atom stereocenters. The molecular weight excluding hydrogens is 352 g/mol. The van der Waals surface area contributed by atoms with Gasteiger partial charge in [-0.3, -0.25) is 4.79 Å². The molecule has 0 bridgehead atoms. The van der Waals surface area contributed by atoms with Crippen molar-refractivity contribution in [2.24, 2.45) is 4.99 Å². The molecule has 3 rings (SSSR count). The lowest BCUT2D eigenvalue weighted by atomic mass is 10.2. The summed E-state index contributed by atoms with van der Waals surface area (Å²) in [7, 11) is 1.67. The number of nitrogens with one attached hydrogen (secondary N) is 2. The van der Waals surface area contributed by atoms with Crippen LogP contribution in [0.4, 0.5) is 5.69 Å². The van der Waals surface area contributed by atoms with Gasteiger partial charge in [-0.1, -0.05) is 24.3 Å². The molecule has 1 fully saturated rings. The fourth-order valence-corrected chi connectivity index (χ4v) is 3.18. The molecule has 1 saturated heterocycles. The van der Waals surface area contributed by atoms with E-state index in [4.69, 9.17) is 4.74 Å². The van der Waals surface area contributed by atoms with Crippen LogP contribution in [0.5, 0.6) is 5.75 Å². The highest BCUT2D eigenvalue weighted by Crippen LogP contribution is 2.21. The van der Waals surface area contributed by atoms with Gasteiger partial charge in [0, 0.05) is 31.7 Å². The van der Waals surface area contributed by atoms with Crippen LogP contribution in [0.15, 0.2) is 53.5 Å². The first kappa shape index (κ1) is 19.7. The van der Waals surface area contributed by atoms with E-state index in [0.29, 0.717) is 19.5 Å². The average Bonchev–Trinajstić information content (AvgIpc) is 3.16. The third-order valence-electron chi connectivity index (χ3n) is 4.68. The summed E-state index contributed by atoms with van der Waals surface area (Å²) in [5, 5.41) is 6.63. The van der Waals surface area contributed by atoms with Crippen molar-refractivity contribution in [3.63, 3.8) is 0 Å². The fourth-order valence-electron chi connectivity index (χ4n) is 3.18. The molecule has 28 heavy (non-hydrogen) atoms. The van der Waals surface area contributed by atoms with E-state index in [1.807, 2.05) is 48.2 Å². The molecule has 2 aromatic carbocycles. The smallest absolute Gasteiger partial charge is 0.227 e. The van der Waals surface area contributed by atoms with Crippen molar-refractivity contribution in [2.75, 3.05) is 25.1 Å². The van der Waals surface area contributed by atoms with Crippen molar-refractivity contribution in [1.29, 1.82) is 0 Å². The van der Waals surface area contributed by atoms with Crippen LogP contribution in [0.1, 0.15) is 30.9 Å². The number of hydrogen-bond donors (Lipinski definition) is 2. The molecule has 1 amide bonds. The number of anilines is 1. The van der Waals surface area contributed by atoms with Crippen LogP contribution >= 0.6 is 0 Å². The summed E-state index contributed by atoms with van der Waals surface area (Å²) < 4.78 is 5.26. The molecule has 148 valence electrons. The summed E-state index contributed by atoms with van der Waals surface area (Å²) in [5.74, 6) is 1.82. The van der Waals surface area contributed by atoms with Gasteiger partial charge in [-0.05, 0) is 48.7 Å². The minimum absolute atomic E-state index is 0.213. The Balaban J connectivity index is 1.58. The first-order valence-corrected chi connectivity index (χ1v) is 9.74. The quantitative estimate of drug-likeness (QED) is 0.572. The van der Waals surface area contributed by atoms with E-state index >= 15 is 0 Å². The Morgan fingerprint density at radius 1 is 1.14 bits per heavy atom. The molecular formula is C22H28N4O2. The summed E-state index contributed by atoms with van der Waals surface area (Å²) in [5.41, 5.74) is 3.21. The highest BCUT2D eigenvalue weighted by Gasteiger charge is 2.21. The van der Waals surface area contributed by atoms with Crippen molar-refractivity contribution >= 4 is 17.6 Å². The van der Waals surface area contributed by atoms with Gasteiger partial charge < -0.3 is 20.3 Å². The van der Waals surface area contributed by atoms with Crippen molar-refractivity contribution in [3.05, 3.63) is 59.7 Å². The zero-order valence-electron chi connectivity index (χ0n) is 16.6. The first-order valence-electron chi connectivity index (χ1n) is 9.74. The van der Waals surface area contributed by atoms with E-state index in [0.717, 1.165) is 48.0 Å². The summed E-state index contributed by atoms with van der Waals surface area (Å²) in [4.78, 5) is 18.4. The predicted octanol–water partition coefficient (Wildman–Crippen LogP) is 3.08. The molecule has 0 aromatic heterocycles. The van der Waals surface area contributed by atoms with E-state index in [9.17, 15) is 4.79 Å². The normalized spacial score (nSPS) is 14.3. The lowest BCUT2D eigenvalue weighted by Crippen LogP contribution is -2.36. The van der Waals surface area contributed by atoms with Gasteiger partial charge >= 0.3 is 0 Å². The van der Waals surface area contributed by atoms with Crippen molar-refractivity contribution in [2.45, 2.75) is 32.9 Å². The Kier molecular flexibility index (Phi) is 6.89. The maximum Gasteiger partial charge on any atom is 0.227 e. The summed E-state index contributed by atoms with van der Waals surface area (Å²) >= 11 is 0. The number of ether oxygens (including phenoxy) is 1. The third-order valence-corrected chi connectivity index (χ3v) is 4.68. The van der Waals surface area contributed by atoms with Gasteiger partial charge in [-0.15, -0.1) is 0 Å².